The first-order chi connectivity index (χ1) is 23.2. The van der Waals surface area contributed by atoms with E-state index in [0.717, 1.165) is 11.9 Å². The van der Waals surface area contributed by atoms with Gasteiger partial charge in [0.1, 0.15) is 6.11 Å². The van der Waals surface area contributed by atoms with Gasteiger partial charge in [-0.05, 0) is 79.0 Å². The van der Waals surface area contributed by atoms with E-state index in [1.165, 1.54) is 18.2 Å². The number of sulfonamides is 1. The lowest BCUT2D eigenvalue weighted by atomic mass is 9.87. The fourth-order valence-corrected chi connectivity index (χ4v) is 4.23. The molecule has 49 heavy (non-hydrogen) atoms. The molecule has 1 amide bonds. The molecule has 0 atom stereocenters. The summed E-state index contributed by atoms with van der Waals surface area (Å²) in [6.07, 6.45) is 8.21. The summed E-state index contributed by atoms with van der Waals surface area (Å²) < 4.78 is 30.2. The predicted molar refractivity (Wildman–Crippen MR) is 192 cm³/mol. The Morgan fingerprint density at radius 1 is 0.939 bits per heavy atom. The first kappa shape index (κ1) is 39.3. The zero-order chi connectivity index (χ0) is 36.5. The molecule has 2 aromatic carbocycles. The van der Waals surface area contributed by atoms with Crippen LogP contribution in [0.1, 0.15) is 38.1 Å². The number of halogens is 1. The van der Waals surface area contributed by atoms with Crippen molar-refractivity contribution in [3.8, 4) is 71.7 Å². The lowest BCUT2D eigenvalue weighted by molar-refractivity contribution is -0.121. The summed E-state index contributed by atoms with van der Waals surface area (Å²) in [5.41, 5.74) is -0.187. The van der Waals surface area contributed by atoms with Crippen LogP contribution in [0.25, 0.3) is 0 Å². The highest BCUT2D eigenvalue weighted by Gasteiger charge is 2.31. The van der Waals surface area contributed by atoms with E-state index in [0.29, 0.717) is 18.8 Å². The smallest absolute Gasteiger partial charge is 0.352 e. The molecule has 0 aliphatic carbocycles. The number of likely N-dealkylation sites (N-methyl/N-ethyl adjacent to an activating group) is 1. The fourth-order valence-electron chi connectivity index (χ4n) is 3.60. The Bertz CT molecular complexity index is 2100. The van der Waals surface area contributed by atoms with Crippen molar-refractivity contribution in [2.24, 2.45) is 10.4 Å². The minimum Gasteiger partial charge on any atom is -0.370 e. The number of benzene rings is 2. The SMILES string of the molecule is C#CC#CC#CC#CC#CC#COC(=O)c1ccc(Cl)c(NC(=O)C(=Nc2ccc(N(CC)CCNS(C)(=O)=O)cc2)C(=O)C(C)(C)C)c1. The quantitative estimate of drug-likeness (QED) is 0.158. The molecule has 2 aromatic rings. The van der Waals surface area contributed by atoms with E-state index in [4.69, 9.17) is 22.8 Å². The Balaban J connectivity index is 2.25. The number of terminal acetylenes is 1. The molecule has 0 saturated carbocycles. The fraction of sp³-hybridized carbons (Fsp3) is 0.243. The van der Waals surface area contributed by atoms with Crippen molar-refractivity contribution in [3.05, 3.63) is 53.1 Å². The Morgan fingerprint density at radius 3 is 2.08 bits per heavy atom. The standard InChI is InChI=1S/C37H31ClN4O6S/c1-7-9-10-11-12-13-14-15-16-17-26-48-36(45)28-18-23-31(38)32(27-28)41-35(44)33(34(43)37(3,4)5)40-29-19-21-30(22-20-29)42(8-2)25-24-39-49(6,46)47/h1,18-23,27,39H,8,24-25H2,2-6H3,(H,41,44). The van der Waals surface area contributed by atoms with Crippen LogP contribution in [0.4, 0.5) is 17.1 Å². The highest BCUT2D eigenvalue weighted by Crippen LogP contribution is 2.26. The summed E-state index contributed by atoms with van der Waals surface area (Å²) in [5.74, 6) is 21.3. The van der Waals surface area contributed by atoms with Crippen molar-refractivity contribution in [1.82, 2.24) is 4.72 Å². The number of nitrogens with one attached hydrogen (secondary N) is 2. The van der Waals surface area contributed by atoms with Crippen molar-refractivity contribution >= 4 is 62.1 Å². The molecule has 0 fully saturated rings. The molecule has 12 heteroatoms. The highest BCUT2D eigenvalue weighted by atomic mass is 35.5. The summed E-state index contributed by atoms with van der Waals surface area (Å²) in [4.78, 5) is 45.7. The number of esters is 1. The lowest BCUT2D eigenvalue weighted by Gasteiger charge is -2.23. The van der Waals surface area contributed by atoms with Crippen LogP contribution in [0, 0.1) is 77.1 Å². The average molecular weight is 695 g/mol. The first-order valence-electron chi connectivity index (χ1n) is 14.4. The summed E-state index contributed by atoms with van der Waals surface area (Å²) in [7, 11) is -3.32. The molecule has 0 aliphatic rings. The van der Waals surface area contributed by atoms with Crippen molar-refractivity contribution in [1.29, 1.82) is 0 Å². The maximum Gasteiger partial charge on any atom is 0.352 e. The maximum absolute atomic E-state index is 13.5. The van der Waals surface area contributed by atoms with Gasteiger partial charge in [0, 0.05) is 60.3 Å². The van der Waals surface area contributed by atoms with Gasteiger partial charge in [0.15, 0.2) is 11.5 Å². The third-order valence-corrected chi connectivity index (χ3v) is 6.97. The number of carbonyl (C=O) groups is 3. The number of nitrogens with zero attached hydrogens (tertiary/aromatic N) is 2. The van der Waals surface area contributed by atoms with Crippen LogP contribution >= 0.6 is 11.6 Å². The second-order valence-corrected chi connectivity index (χ2v) is 13.0. The predicted octanol–water partition coefficient (Wildman–Crippen LogP) is 3.81. The van der Waals surface area contributed by atoms with E-state index in [1.807, 2.05) is 11.8 Å². The number of ether oxygens (including phenoxy) is 1. The Kier molecular flexibility index (Phi) is 15.3. The molecule has 0 spiro atoms. The van der Waals surface area contributed by atoms with Crippen LogP contribution in [-0.2, 0) is 24.3 Å². The van der Waals surface area contributed by atoms with Gasteiger partial charge in [0.05, 0.1) is 28.2 Å². The zero-order valence-corrected chi connectivity index (χ0v) is 28.9. The van der Waals surface area contributed by atoms with Crippen LogP contribution in [-0.4, -0.2) is 57.7 Å². The number of anilines is 2. The monoisotopic (exact) mass is 694 g/mol. The van der Waals surface area contributed by atoms with Crippen molar-refractivity contribution < 1.29 is 27.5 Å². The minimum atomic E-state index is -3.32. The second-order valence-electron chi connectivity index (χ2n) is 10.7. The third kappa shape index (κ3) is 14.2. The van der Waals surface area contributed by atoms with Crippen molar-refractivity contribution in [2.75, 3.05) is 36.1 Å². The van der Waals surface area contributed by atoms with E-state index in [2.05, 4.69) is 80.3 Å². The van der Waals surface area contributed by atoms with Gasteiger partial charge in [-0.15, -0.1) is 6.42 Å². The molecule has 0 bridgehead atoms. The van der Waals surface area contributed by atoms with E-state index >= 15 is 0 Å². The van der Waals surface area contributed by atoms with Crippen LogP contribution in [0.2, 0.25) is 5.02 Å². The topological polar surface area (TPSA) is 134 Å². The Labute approximate surface area is 292 Å². The average Bonchev–Trinajstić information content (AvgIpc) is 3.04. The van der Waals surface area contributed by atoms with E-state index in [9.17, 15) is 22.8 Å². The Hall–Kier alpha value is -5.92. The molecular formula is C37H31ClN4O6S. The van der Waals surface area contributed by atoms with Gasteiger partial charge >= 0.3 is 5.97 Å². The summed E-state index contributed by atoms with van der Waals surface area (Å²) in [6.45, 7) is 8.13. The number of hydrogen-bond donors (Lipinski definition) is 2. The largest absolute Gasteiger partial charge is 0.370 e. The third-order valence-electron chi connectivity index (χ3n) is 5.91. The van der Waals surface area contributed by atoms with Gasteiger partial charge in [-0.25, -0.2) is 22.9 Å². The van der Waals surface area contributed by atoms with Crippen molar-refractivity contribution in [3.63, 3.8) is 0 Å². The molecule has 0 unspecified atom stereocenters. The van der Waals surface area contributed by atoms with Gasteiger partial charge in [0.2, 0.25) is 10.0 Å². The van der Waals surface area contributed by atoms with E-state index < -0.39 is 33.1 Å². The number of Topliss-reactive ketones (excluding diaryl/α,β-unsaturated/α-hetero) is 1. The Morgan fingerprint density at radius 2 is 1.53 bits per heavy atom. The number of hydrogen-bond acceptors (Lipinski definition) is 8. The maximum atomic E-state index is 13.5. The van der Waals surface area contributed by atoms with Gasteiger partial charge < -0.3 is 15.0 Å². The van der Waals surface area contributed by atoms with Gasteiger partial charge in [-0.1, -0.05) is 32.4 Å². The van der Waals surface area contributed by atoms with E-state index in [-0.39, 0.29) is 28.5 Å². The first-order valence-corrected chi connectivity index (χ1v) is 16.6. The molecule has 0 aromatic heterocycles. The number of amides is 1. The molecule has 2 rings (SSSR count). The number of rotatable bonds is 11. The molecular weight excluding hydrogens is 664 g/mol. The molecule has 0 heterocycles. The molecule has 0 aliphatic heterocycles. The lowest BCUT2D eigenvalue weighted by Crippen LogP contribution is -2.37. The summed E-state index contributed by atoms with van der Waals surface area (Å²) >= 11 is 6.31. The van der Waals surface area contributed by atoms with Gasteiger partial charge in [-0.3, -0.25) is 9.59 Å². The van der Waals surface area contributed by atoms with E-state index in [1.54, 1.807) is 45.0 Å². The van der Waals surface area contributed by atoms with Gasteiger partial charge in [0.25, 0.3) is 5.91 Å². The summed E-state index contributed by atoms with van der Waals surface area (Å²) in [5, 5.41) is 2.66. The van der Waals surface area contributed by atoms with Crippen LogP contribution < -0.4 is 14.9 Å². The van der Waals surface area contributed by atoms with Crippen molar-refractivity contribution in [2.45, 2.75) is 27.7 Å². The second kappa shape index (κ2) is 19.0. The molecule has 248 valence electrons. The van der Waals surface area contributed by atoms with Crippen LogP contribution in [0.3, 0.4) is 0 Å². The van der Waals surface area contributed by atoms with Gasteiger partial charge in [-0.2, -0.15) is 0 Å². The minimum absolute atomic E-state index is 0.00791. The number of ketones is 1. The number of carbonyl (C=O) groups excluding carboxylic acids is 3. The van der Waals surface area contributed by atoms with Crippen LogP contribution in [0.15, 0.2) is 47.5 Å². The number of aliphatic imine (C=N–C) groups is 1. The molecule has 10 nitrogen and oxygen atoms in total. The molecule has 2 N–H and O–H groups in total. The zero-order valence-electron chi connectivity index (χ0n) is 27.4. The van der Waals surface area contributed by atoms with Crippen LogP contribution in [0.5, 0.6) is 0 Å². The molecule has 0 saturated heterocycles. The highest BCUT2D eigenvalue weighted by molar-refractivity contribution is 7.88. The normalized spacial score (nSPS) is 10.3. The molecule has 0 radical (unpaired) electrons. The summed E-state index contributed by atoms with van der Waals surface area (Å²) in [6, 6.07) is 10.8.